The molecule has 2 aromatic heterocycles. The van der Waals surface area contributed by atoms with Gasteiger partial charge in [-0.2, -0.15) is 0 Å². The summed E-state index contributed by atoms with van der Waals surface area (Å²) in [6, 6.07) is 3.17. The van der Waals surface area contributed by atoms with E-state index in [1.165, 1.54) is 24.8 Å². The van der Waals surface area contributed by atoms with Gasteiger partial charge in [0, 0.05) is 23.5 Å². The first kappa shape index (κ1) is 16.4. The van der Waals surface area contributed by atoms with Crippen LogP contribution < -0.4 is 4.72 Å². The van der Waals surface area contributed by atoms with Gasteiger partial charge in [0.05, 0.1) is 0 Å². The van der Waals surface area contributed by atoms with Gasteiger partial charge in [-0.05, 0) is 24.1 Å². The molecule has 118 valence electrons. The molecule has 2 rings (SSSR count). The van der Waals surface area contributed by atoms with Gasteiger partial charge in [0.15, 0.2) is 0 Å². The number of nitrogens with zero attached hydrogens (tertiary/aromatic N) is 3. The quantitative estimate of drug-likeness (QED) is 0.935. The molecule has 6 nitrogen and oxygen atoms in total. The van der Waals surface area contributed by atoms with E-state index < -0.39 is 10.0 Å². The Bertz CT molecular complexity index is 753. The maximum Gasteiger partial charge on any atom is 0.264 e. The average Bonchev–Trinajstić information content (AvgIpc) is 2.46. The number of hydrogen-bond acceptors (Lipinski definition) is 5. The van der Waals surface area contributed by atoms with E-state index >= 15 is 0 Å². The number of pyridine rings is 1. The SMILES string of the molecule is CCc1cc(S(=O)(=O)Nc2ccncn2)cnc1C(C)(C)C. The van der Waals surface area contributed by atoms with Gasteiger partial charge in [-0.3, -0.25) is 9.71 Å². The van der Waals surface area contributed by atoms with Crippen LogP contribution in [0.3, 0.4) is 0 Å². The van der Waals surface area contributed by atoms with Crippen LogP contribution in [-0.4, -0.2) is 23.4 Å². The summed E-state index contributed by atoms with van der Waals surface area (Å²) in [7, 11) is -3.71. The monoisotopic (exact) mass is 320 g/mol. The molecule has 0 spiro atoms. The van der Waals surface area contributed by atoms with Crippen LogP contribution in [0.25, 0.3) is 0 Å². The summed E-state index contributed by atoms with van der Waals surface area (Å²) in [5.41, 5.74) is 1.71. The van der Waals surface area contributed by atoms with Gasteiger partial charge in [0.1, 0.15) is 17.0 Å². The molecule has 0 fully saturated rings. The van der Waals surface area contributed by atoms with E-state index in [0.717, 1.165) is 17.7 Å². The third-order valence-electron chi connectivity index (χ3n) is 3.16. The van der Waals surface area contributed by atoms with E-state index in [1.807, 2.05) is 6.92 Å². The van der Waals surface area contributed by atoms with Crippen LogP contribution in [-0.2, 0) is 21.9 Å². The van der Waals surface area contributed by atoms with E-state index in [4.69, 9.17) is 0 Å². The molecule has 0 aliphatic heterocycles. The van der Waals surface area contributed by atoms with Gasteiger partial charge >= 0.3 is 0 Å². The van der Waals surface area contributed by atoms with E-state index in [2.05, 4.69) is 40.4 Å². The molecule has 0 saturated heterocycles. The summed E-state index contributed by atoms with van der Waals surface area (Å²) in [4.78, 5) is 12.1. The largest absolute Gasteiger partial charge is 0.264 e. The molecule has 1 N–H and O–H groups in total. The predicted molar refractivity (Wildman–Crippen MR) is 85.2 cm³/mol. The zero-order valence-electron chi connectivity index (χ0n) is 13.2. The Labute approximate surface area is 131 Å². The first-order chi connectivity index (χ1) is 10.2. The zero-order chi connectivity index (χ0) is 16.4. The van der Waals surface area contributed by atoms with Crippen LogP contribution in [0.1, 0.15) is 39.0 Å². The summed E-state index contributed by atoms with van der Waals surface area (Å²) in [6.07, 6.45) is 4.87. The topological polar surface area (TPSA) is 84.8 Å². The highest BCUT2D eigenvalue weighted by atomic mass is 32.2. The number of rotatable bonds is 4. The molecule has 0 bridgehead atoms. The third-order valence-corrected chi connectivity index (χ3v) is 4.49. The Morgan fingerprint density at radius 3 is 2.50 bits per heavy atom. The van der Waals surface area contributed by atoms with Gasteiger partial charge in [-0.25, -0.2) is 18.4 Å². The maximum absolute atomic E-state index is 12.4. The fraction of sp³-hybridized carbons (Fsp3) is 0.400. The fourth-order valence-electron chi connectivity index (χ4n) is 2.13. The summed E-state index contributed by atoms with van der Waals surface area (Å²) in [5.74, 6) is 0.230. The molecule has 0 aromatic carbocycles. The van der Waals surface area contributed by atoms with Gasteiger partial charge in [-0.1, -0.05) is 27.7 Å². The molecule has 0 unspecified atom stereocenters. The van der Waals surface area contributed by atoms with Crippen molar-refractivity contribution in [2.75, 3.05) is 4.72 Å². The minimum absolute atomic E-state index is 0.131. The number of nitrogens with one attached hydrogen (secondary N) is 1. The molecule has 22 heavy (non-hydrogen) atoms. The number of aryl methyl sites for hydroxylation is 1. The second kappa shape index (κ2) is 6.00. The Balaban J connectivity index is 2.40. The van der Waals surface area contributed by atoms with Gasteiger partial charge in [0.2, 0.25) is 0 Å². The van der Waals surface area contributed by atoms with Crippen LogP contribution >= 0.6 is 0 Å². The number of hydrogen-bond donors (Lipinski definition) is 1. The van der Waals surface area contributed by atoms with Crippen molar-refractivity contribution in [1.82, 2.24) is 15.0 Å². The number of sulfonamides is 1. The first-order valence-corrected chi connectivity index (χ1v) is 8.50. The zero-order valence-corrected chi connectivity index (χ0v) is 14.0. The van der Waals surface area contributed by atoms with Crippen LogP contribution in [0.2, 0.25) is 0 Å². The predicted octanol–water partition coefficient (Wildman–Crippen LogP) is 2.53. The van der Waals surface area contributed by atoms with Crippen LogP contribution in [0.4, 0.5) is 5.82 Å². The second-order valence-electron chi connectivity index (χ2n) is 5.98. The van der Waals surface area contributed by atoms with Gasteiger partial charge in [0.25, 0.3) is 10.0 Å². The van der Waals surface area contributed by atoms with Crippen LogP contribution in [0.5, 0.6) is 0 Å². The van der Waals surface area contributed by atoms with Crippen molar-refractivity contribution >= 4 is 15.8 Å². The van der Waals surface area contributed by atoms with E-state index in [1.54, 1.807) is 6.07 Å². The Morgan fingerprint density at radius 2 is 1.95 bits per heavy atom. The van der Waals surface area contributed by atoms with Crippen molar-refractivity contribution in [2.45, 2.75) is 44.4 Å². The van der Waals surface area contributed by atoms with E-state index in [0.29, 0.717) is 0 Å². The Hall–Kier alpha value is -2.02. The Morgan fingerprint density at radius 1 is 1.23 bits per heavy atom. The molecule has 0 amide bonds. The Kier molecular flexibility index (Phi) is 4.46. The van der Waals surface area contributed by atoms with Crippen molar-refractivity contribution < 1.29 is 8.42 Å². The van der Waals surface area contributed by atoms with Crippen molar-refractivity contribution in [3.8, 4) is 0 Å². The summed E-state index contributed by atoms with van der Waals surface area (Å²) >= 11 is 0. The molecule has 0 radical (unpaired) electrons. The van der Waals surface area contributed by atoms with Gasteiger partial charge < -0.3 is 0 Å². The second-order valence-corrected chi connectivity index (χ2v) is 7.66. The van der Waals surface area contributed by atoms with Crippen molar-refractivity contribution in [3.63, 3.8) is 0 Å². The first-order valence-electron chi connectivity index (χ1n) is 7.02. The highest BCUT2D eigenvalue weighted by molar-refractivity contribution is 7.92. The molecule has 0 aliphatic carbocycles. The van der Waals surface area contributed by atoms with Gasteiger partial charge in [-0.15, -0.1) is 0 Å². The smallest absolute Gasteiger partial charge is 0.263 e. The molecule has 0 saturated carbocycles. The lowest BCUT2D eigenvalue weighted by molar-refractivity contribution is 0.558. The van der Waals surface area contributed by atoms with Crippen molar-refractivity contribution in [1.29, 1.82) is 0 Å². The lowest BCUT2D eigenvalue weighted by Gasteiger charge is -2.21. The number of anilines is 1. The standard InChI is InChI=1S/C15H20N4O2S/c1-5-11-8-12(9-17-14(11)15(2,3)4)22(20,21)19-13-6-7-16-10-18-13/h6-10H,5H2,1-4H3,(H,16,18,19). The van der Waals surface area contributed by atoms with E-state index in [-0.39, 0.29) is 16.1 Å². The lowest BCUT2D eigenvalue weighted by atomic mass is 9.88. The fourth-order valence-corrected chi connectivity index (χ4v) is 3.13. The van der Waals surface area contributed by atoms with E-state index in [9.17, 15) is 8.42 Å². The molecular formula is C15H20N4O2S. The van der Waals surface area contributed by atoms with Crippen LogP contribution in [0.15, 0.2) is 35.7 Å². The summed E-state index contributed by atoms with van der Waals surface area (Å²) in [6.45, 7) is 8.16. The molecular weight excluding hydrogens is 300 g/mol. The summed E-state index contributed by atoms with van der Waals surface area (Å²) in [5, 5.41) is 0. The average molecular weight is 320 g/mol. The minimum Gasteiger partial charge on any atom is -0.263 e. The third kappa shape index (κ3) is 3.59. The molecule has 2 heterocycles. The van der Waals surface area contributed by atoms with Crippen molar-refractivity contribution in [3.05, 3.63) is 42.1 Å². The summed E-state index contributed by atoms with van der Waals surface area (Å²) < 4.78 is 27.3. The molecule has 7 heteroatoms. The normalized spacial score (nSPS) is 12.2. The molecule has 0 atom stereocenters. The lowest BCUT2D eigenvalue weighted by Crippen LogP contribution is -2.19. The minimum atomic E-state index is -3.71. The molecule has 2 aromatic rings. The number of aromatic nitrogens is 3. The van der Waals surface area contributed by atoms with Crippen molar-refractivity contribution in [2.24, 2.45) is 0 Å². The maximum atomic E-state index is 12.4. The highest BCUT2D eigenvalue weighted by Crippen LogP contribution is 2.26. The molecule has 0 aliphatic rings. The highest BCUT2D eigenvalue weighted by Gasteiger charge is 2.22. The van der Waals surface area contributed by atoms with Crippen LogP contribution in [0, 0.1) is 0 Å².